The second-order valence-electron chi connectivity index (χ2n) is 4.91. The van der Waals surface area contributed by atoms with Crippen LogP contribution in [-0.2, 0) is 13.6 Å². The predicted molar refractivity (Wildman–Crippen MR) is 72.4 cm³/mol. The number of likely N-dealkylation sites (tertiary alicyclic amines) is 1. The first-order valence-electron chi connectivity index (χ1n) is 6.05. The van der Waals surface area contributed by atoms with E-state index < -0.39 is 0 Å². The second-order valence-corrected chi connectivity index (χ2v) is 4.91. The van der Waals surface area contributed by atoms with Crippen LogP contribution in [0.1, 0.15) is 29.8 Å². The topological polar surface area (TPSA) is 47.1 Å². The number of aryl methyl sites for hydroxylation is 2. The number of rotatable bonds is 2. The lowest BCUT2D eigenvalue weighted by Gasteiger charge is -2.30. The zero-order valence-corrected chi connectivity index (χ0v) is 11.8. The Morgan fingerprint density at radius 2 is 2.12 bits per heavy atom. The van der Waals surface area contributed by atoms with E-state index >= 15 is 0 Å². The Balaban J connectivity index is 0.00000144. The average molecular weight is 259 g/mol. The minimum Gasteiger partial charge on any atom is -0.327 e. The average Bonchev–Trinajstić information content (AvgIpc) is 2.45. The molecule has 1 aliphatic heterocycles. The molecule has 1 fully saturated rings. The third kappa shape index (κ3) is 3.21. The van der Waals surface area contributed by atoms with Gasteiger partial charge in [0.25, 0.3) is 0 Å². The summed E-state index contributed by atoms with van der Waals surface area (Å²) in [6.07, 6.45) is 2.39. The van der Waals surface area contributed by atoms with Gasteiger partial charge in [0.1, 0.15) is 0 Å². The molecule has 0 saturated carbocycles. The largest absolute Gasteiger partial charge is 0.327 e. The van der Waals surface area contributed by atoms with Crippen LogP contribution < -0.4 is 5.73 Å². The summed E-state index contributed by atoms with van der Waals surface area (Å²) in [4.78, 5) is 2.45. The van der Waals surface area contributed by atoms with Crippen molar-refractivity contribution in [3.05, 3.63) is 17.0 Å². The van der Waals surface area contributed by atoms with E-state index in [1.807, 2.05) is 11.7 Å². The molecule has 0 spiro atoms. The van der Waals surface area contributed by atoms with Gasteiger partial charge < -0.3 is 5.73 Å². The number of hydrogen-bond acceptors (Lipinski definition) is 3. The summed E-state index contributed by atoms with van der Waals surface area (Å²) in [7, 11) is 2.01. The van der Waals surface area contributed by atoms with Gasteiger partial charge >= 0.3 is 0 Å². The molecule has 1 saturated heterocycles. The van der Waals surface area contributed by atoms with Crippen LogP contribution in [0.3, 0.4) is 0 Å². The molecule has 98 valence electrons. The molecule has 0 aromatic carbocycles. The van der Waals surface area contributed by atoms with Crippen molar-refractivity contribution in [1.29, 1.82) is 0 Å². The summed E-state index contributed by atoms with van der Waals surface area (Å²) >= 11 is 0. The highest BCUT2D eigenvalue weighted by atomic mass is 35.5. The monoisotopic (exact) mass is 258 g/mol. The second kappa shape index (κ2) is 5.85. The van der Waals surface area contributed by atoms with Gasteiger partial charge in [0.05, 0.1) is 5.69 Å². The highest BCUT2D eigenvalue weighted by molar-refractivity contribution is 5.85. The molecule has 2 N–H and O–H groups in total. The summed E-state index contributed by atoms with van der Waals surface area (Å²) in [5.74, 6) is 0. The number of nitrogens with zero attached hydrogens (tertiary/aromatic N) is 3. The van der Waals surface area contributed by atoms with Crippen molar-refractivity contribution < 1.29 is 0 Å². The Morgan fingerprint density at radius 1 is 1.41 bits per heavy atom. The third-order valence-electron chi connectivity index (χ3n) is 3.58. The summed E-state index contributed by atoms with van der Waals surface area (Å²) in [5.41, 5.74) is 9.80. The Kier molecular flexibility index (Phi) is 4.98. The first-order chi connectivity index (χ1) is 7.58. The normalized spacial score (nSPS) is 21.3. The first kappa shape index (κ1) is 14.5. The van der Waals surface area contributed by atoms with Crippen molar-refractivity contribution in [3.8, 4) is 0 Å². The fourth-order valence-corrected chi connectivity index (χ4v) is 2.50. The summed E-state index contributed by atoms with van der Waals surface area (Å²) in [6, 6.07) is 0.353. The van der Waals surface area contributed by atoms with E-state index in [1.54, 1.807) is 0 Å². The van der Waals surface area contributed by atoms with Crippen molar-refractivity contribution in [2.75, 3.05) is 13.1 Å². The quantitative estimate of drug-likeness (QED) is 0.872. The molecule has 0 radical (unpaired) electrons. The molecule has 1 aromatic heterocycles. The highest BCUT2D eigenvalue weighted by Gasteiger charge is 2.19. The lowest BCUT2D eigenvalue weighted by molar-refractivity contribution is 0.201. The molecule has 2 rings (SSSR count). The van der Waals surface area contributed by atoms with Gasteiger partial charge in [0.2, 0.25) is 0 Å². The highest BCUT2D eigenvalue weighted by Crippen LogP contribution is 2.17. The van der Waals surface area contributed by atoms with Crippen molar-refractivity contribution in [2.45, 2.75) is 39.3 Å². The molecule has 5 heteroatoms. The van der Waals surface area contributed by atoms with Crippen LogP contribution in [0.2, 0.25) is 0 Å². The SMILES string of the molecule is Cc1nn(C)c(C)c1CN1CCCC(N)C1.Cl. The van der Waals surface area contributed by atoms with Gasteiger partial charge in [-0.15, -0.1) is 12.4 Å². The molecular formula is C12H23ClN4. The van der Waals surface area contributed by atoms with Gasteiger partial charge in [0, 0.05) is 37.4 Å². The summed E-state index contributed by atoms with van der Waals surface area (Å²) in [6.45, 7) is 7.42. The minimum atomic E-state index is 0. The number of aromatic nitrogens is 2. The lowest BCUT2D eigenvalue weighted by Crippen LogP contribution is -2.42. The van der Waals surface area contributed by atoms with Gasteiger partial charge in [-0.3, -0.25) is 9.58 Å². The van der Waals surface area contributed by atoms with Crippen LogP contribution in [0.5, 0.6) is 0 Å². The lowest BCUT2D eigenvalue weighted by atomic mass is 10.1. The fraction of sp³-hybridized carbons (Fsp3) is 0.750. The number of hydrogen-bond donors (Lipinski definition) is 1. The van der Waals surface area contributed by atoms with Crippen molar-refractivity contribution >= 4 is 12.4 Å². The molecule has 1 atom stereocenters. The van der Waals surface area contributed by atoms with Crippen LogP contribution in [0.4, 0.5) is 0 Å². The smallest absolute Gasteiger partial charge is 0.0641 e. The predicted octanol–water partition coefficient (Wildman–Crippen LogP) is 1.38. The first-order valence-corrected chi connectivity index (χ1v) is 6.05. The van der Waals surface area contributed by atoms with Crippen molar-refractivity contribution in [3.63, 3.8) is 0 Å². The van der Waals surface area contributed by atoms with Crippen molar-refractivity contribution in [2.24, 2.45) is 12.8 Å². The Labute approximate surface area is 110 Å². The van der Waals surface area contributed by atoms with Gasteiger partial charge in [-0.05, 0) is 33.2 Å². The van der Waals surface area contributed by atoms with Crippen LogP contribution >= 0.6 is 12.4 Å². The van der Waals surface area contributed by atoms with E-state index in [2.05, 4.69) is 23.8 Å². The van der Waals surface area contributed by atoms with Crippen LogP contribution in [0.25, 0.3) is 0 Å². The Bertz CT molecular complexity index is 375. The van der Waals surface area contributed by atoms with Gasteiger partial charge in [-0.1, -0.05) is 0 Å². The minimum absolute atomic E-state index is 0. The zero-order chi connectivity index (χ0) is 11.7. The van der Waals surface area contributed by atoms with E-state index in [0.717, 1.165) is 18.8 Å². The maximum atomic E-state index is 6.00. The third-order valence-corrected chi connectivity index (χ3v) is 3.58. The molecule has 1 aromatic rings. The number of halogens is 1. The van der Waals surface area contributed by atoms with Gasteiger partial charge in [0.15, 0.2) is 0 Å². The zero-order valence-electron chi connectivity index (χ0n) is 10.9. The Hall–Kier alpha value is -0.580. The molecule has 0 amide bonds. The maximum absolute atomic E-state index is 6.00. The molecule has 0 aliphatic carbocycles. The number of nitrogens with two attached hydrogens (primary N) is 1. The number of piperidine rings is 1. The molecule has 1 aliphatic rings. The van der Waals surface area contributed by atoms with E-state index in [9.17, 15) is 0 Å². The van der Waals surface area contributed by atoms with Gasteiger partial charge in [-0.25, -0.2) is 0 Å². The maximum Gasteiger partial charge on any atom is 0.0641 e. The van der Waals surface area contributed by atoms with Crippen LogP contribution in [-0.4, -0.2) is 33.8 Å². The van der Waals surface area contributed by atoms with E-state index in [4.69, 9.17) is 5.73 Å². The van der Waals surface area contributed by atoms with E-state index in [-0.39, 0.29) is 12.4 Å². The van der Waals surface area contributed by atoms with Crippen molar-refractivity contribution in [1.82, 2.24) is 14.7 Å². The molecule has 1 unspecified atom stereocenters. The summed E-state index contributed by atoms with van der Waals surface area (Å²) < 4.78 is 1.97. The molecule has 17 heavy (non-hydrogen) atoms. The summed E-state index contributed by atoms with van der Waals surface area (Å²) in [5, 5.41) is 4.45. The molecule has 4 nitrogen and oxygen atoms in total. The molecule has 2 heterocycles. The van der Waals surface area contributed by atoms with Crippen LogP contribution in [0, 0.1) is 13.8 Å². The Morgan fingerprint density at radius 3 is 2.65 bits per heavy atom. The fourth-order valence-electron chi connectivity index (χ4n) is 2.50. The molecule has 0 bridgehead atoms. The van der Waals surface area contributed by atoms with E-state index in [1.165, 1.54) is 30.6 Å². The van der Waals surface area contributed by atoms with E-state index in [0.29, 0.717) is 6.04 Å². The van der Waals surface area contributed by atoms with Crippen LogP contribution in [0.15, 0.2) is 0 Å². The molecular weight excluding hydrogens is 236 g/mol. The van der Waals surface area contributed by atoms with Gasteiger partial charge in [-0.2, -0.15) is 5.10 Å². The standard InChI is InChI=1S/C12H22N4.ClH/c1-9-12(10(2)15(3)14-9)8-16-6-4-5-11(13)7-16;/h11H,4-8,13H2,1-3H3;1H.